The van der Waals surface area contributed by atoms with Crippen LogP contribution in [0.5, 0.6) is 0 Å². The Bertz CT molecular complexity index is 137. The summed E-state index contributed by atoms with van der Waals surface area (Å²) < 4.78 is 5.01. The number of ketones is 1. The summed E-state index contributed by atoms with van der Waals surface area (Å²) in [5.74, 6) is 0.124. The van der Waals surface area contributed by atoms with Gasteiger partial charge in [-0.15, -0.1) is 0 Å². The van der Waals surface area contributed by atoms with Gasteiger partial charge in [-0.2, -0.15) is 0 Å². The molecule has 0 spiro atoms. The molecule has 4 heteroatoms. The summed E-state index contributed by atoms with van der Waals surface area (Å²) in [5, 5.41) is 8.88. The number of carbonyl (C=O) groups excluding carboxylic acids is 1. The van der Waals surface area contributed by atoms with Gasteiger partial charge in [0, 0.05) is 12.5 Å². The van der Waals surface area contributed by atoms with Crippen molar-refractivity contribution in [3.63, 3.8) is 0 Å². The van der Waals surface area contributed by atoms with Gasteiger partial charge in [-0.1, -0.05) is 0 Å². The van der Waals surface area contributed by atoms with Crippen LogP contribution >= 0.6 is 0 Å². The molecular weight excluding hydrogens is 131 g/mol. The molecule has 0 aliphatic carbocycles. The number of Topliss-reactive ketones (excluding diaryl/α,β-unsaturated/α-hetero) is 1. The molecule has 0 bridgehead atoms. The predicted molar refractivity (Wildman–Crippen MR) is 37.6 cm³/mol. The van der Waals surface area contributed by atoms with Crippen molar-refractivity contribution in [3.8, 4) is 0 Å². The van der Waals surface area contributed by atoms with Crippen molar-refractivity contribution in [1.29, 1.82) is 0 Å². The fraction of sp³-hybridized carbons (Fsp3) is 0.833. The minimum absolute atomic E-state index is 0.0347. The predicted octanol–water partition coefficient (Wildman–Crippen LogP) is 0.235. The highest BCUT2D eigenvalue weighted by Crippen LogP contribution is 2.18. The maximum Gasteiger partial charge on any atom is 0.454 e. The molecule has 0 saturated carbocycles. The monoisotopic (exact) mass is 142 g/mol. The maximum atomic E-state index is 10.5. The molecule has 0 radical (unpaired) electrons. The van der Waals surface area contributed by atoms with Gasteiger partial charge in [0.2, 0.25) is 0 Å². The Morgan fingerprint density at radius 2 is 2.60 bits per heavy atom. The van der Waals surface area contributed by atoms with Crippen LogP contribution in [0.3, 0.4) is 0 Å². The van der Waals surface area contributed by atoms with Crippen LogP contribution in [0.15, 0.2) is 0 Å². The molecule has 1 atom stereocenters. The van der Waals surface area contributed by atoms with Gasteiger partial charge in [-0.05, 0) is 19.7 Å². The second kappa shape index (κ2) is 3.17. The number of carbonyl (C=O) groups is 1. The first-order valence-corrected chi connectivity index (χ1v) is 3.51. The zero-order chi connectivity index (χ0) is 7.56. The third-order valence-corrected chi connectivity index (χ3v) is 1.60. The van der Waals surface area contributed by atoms with E-state index >= 15 is 0 Å². The first-order chi connectivity index (χ1) is 4.68. The highest BCUT2D eigenvalue weighted by Gasteiger charge is 2.28. The summed E-state index contributed by atoms with van der Waals surface area (Å²) >= 11 is 0. The molecule has 1 aliphatic heterocycles. The second-order valence-corrected chi connectivity index (χ2v) is 2.70. The topological polar surface area (TPSA) is 46.5 Å². The van der Waals surface area contributed by atoms with Gasteiger partial charge in [-0.3, -0.25) is 4.79 Å². The number of hydrogen-bond donors (Lipinski definition) is 1. The van der Waals surface area contributed by atoms with Crippen LogP contribution in [0, 0.1) is 0 Å². The summed E-state index contributed by atoms with van der Waals surface area (Å²) in [5.41, 5.74) is 0. The lowest BCUT2D eigenvalue weighted by Crippen LogP contribution is -2.16. The average Bonchev–Trinajstić information content (AvgIpc) is 2.13. The summed E-state index contributed by atoms with van der Waals surface area (Å²) in [7, 11) is -0.635. The zero-order valence-electron chi connectivity index (χ0n) is 6.04. The van der Waals surface area contributed by atoms with Crippen molar-refractivity contribution in [2.45, 2.75) is 32.2 Å². The van der Waals surface area contributed by atoms with Crippen LogP contribution in [0.2, 0.25) is 6.32 Å². The minimum Gasteiger partial charge on any atom is -0.427 e. The molecule has 10 heavy (non-hydrogen) atoms. The van der Waals surface area contributed by atoms with Crippen molar-refractivity contribution in [3.05, 3.63) is 0 Å². The van der Waals surface area contributed by atoms with Crippen molar-refractivity contribution >= 4 is 12.9 Å². The van der Waals surface area contributed by atoms with E-state index < -0.39 is 7.12 Å². The summed E-state index contributed by atoms with van der Waals surface area (Å²) in [6.45, 7) is 1.54. The SMILES string of the molecule is CC(=O)CC1CCB(O)O1. The van der Waals surface area contributed by atoms with E-state index in [9.17, 15) is 4.79 Å². The third-order valence-electron chi connectivity index (χ3n) is 1.60. The summed E-state index contributed by atoms with van der Waals surface area (Å²) in [4.78, 5) is 10.5. The molecule has 0 aromatic heterocycles. The van der Waals surface area contributed by atoms with Crippen LogP contribution in [0.1, 0.15) is 19.8 Å². The summed E-state index contributed by atoms with van der Waals surface area (Å²) in [6, 6.07) is 0. The van der Waals surface area contributed by atoms with E-state index in [1.54, 1.807) is 0 Å². The fourth-order valence-electron chi connectivity index (χ4n) is 1.16. The lowest BCUT2D eigenvalue weighted by Gasteiger charge is -2.06. The first-order valence-electron chi connectivity index (χ1n) is 3.51. The van der Waals surface area contributed by atoms with Crippen LogP contribution in [0.25, 0.3) is 0 Å². The Hall–Kier alpha value is -0.345. The van der Waals surface area contributed by atoms with Crippen molar-refractivity contribution in [2.75, 3.05) is 0 Å². The maximum absolute atomic E-state index is 10.5. The third kappa shape index (κ3) is 2.12. The molecule has 0 aromatic rings. The molecule has 1 heterocycles. The minimum atomic E-state index is -0.635. The van der Waals surface area contributed by atoms with Gasteiger partial charge >= 0.3 is 7.12 Å². The Labute approximate surface area is 60.5 Å². The smallest absolute Gasteiger partial charge is 0.427 e. The Kier molecular flexibility index (Phi) is 2.46. The van der Waals surface area contributed by atoms with E-state index in [2.05, 4.69) is 0 Å². The molecular formula is C6H11BO3. The van der Waals surface area contributed by atoms with E-state index in [0.717, 1.165) is 6.42 Å². The second-order valence-electron chi connectivity index (χ2n) is 2.70. The quantitative estimate of drug-likeness (QED) is 0.561. The van der Waals surface area contributed by atoms with Gasteiger partial charge < -0.3 is 9.68 Å². The molecule has 0 aromatic carbocycles. The van der Waals surface area contributed by atoms with E-state index in [1.165, 1.54) is 6.92 Å². The largest absolute Gasteiger partial charge is 0.454 e. The van der Waals surface area contributed by atoms with Gasteiger partial charge in [0.15, 0.2) is 0 Å². The molecule has 1 saturated heterocycles. The van der Waals surface area contributed by atoms with Crippen LogP contribution < -0.4 is 0 Å². The zero-order valence-corrected chi connectivity index (χ0v) is 6.04. The Balaban J connectivity index is 2.24. The molecule has 1 unspecified atom stereocenters. The van der Waals surface area contributed by atoms with Crippen molar-refractivity contribution < 1.29 is 14.5 Å². The van der Waals surface area contributed by atoms with Crippen LogP contribution in [0.4, 0.5) is 0 Å². The standard InChI is InChI=1S/C6H11BO3/c1-5(8)4-6-2-3-7(9)10-6/h6,9H,2-4H2,1H3. The lowest BCUT2D eigenvalue weighted by molar-refractivity contribution is -0.118. The highest BCUT2D eigenvalue weighted by molar-refractivity contribution is 6.43. The molecule has 1 rings (SSSR count). The number of rotatable bonds is 2. The normalized spacial score (nSPS) is 25.4. The molecule has 1 aliphatic rings. The van der Waals surface area contributed by atoms with Crippen LogP contribution in [-0.2, 0) is 9.45 Å². The van der Waals surface area contributed by atoms with Crippen molar-refractivity contribution in [2.24, 2.45) is 0 Å². The van der Waals surface area contributed by atoms with E-state index in [4.69, 9.17) is 9.68 Å². The number of hydrogen-bond acceptors (Lipinski definition) is 3. The van der Waals surface area contributed by atoms with Gasteiger partial charge in [0.1, 0.15) is 5.78 Å². The van der Waals surface area contributed by atoms with Gasteiger partial charge in [0.25, 0.3) is 0 Å². The molecule has 56 valence electrons. The van der Waals surface area contributed by atoms with E-state index in [-0.39, 0.29) is 11.9 Å². The molecule has 3 nitrogen and oxygen atoms in total. The first kappa shape index (κ1) is 7.76. The van der Waals surface area contributed by atoms with E-state index in [1.807, 2.05) is 0 Å². The van der Waals surface area contributed by atoms with Gasteiger partial charge in [0.05, 0.1) is 0 Å². The average molecular weight is 142 g/mol. The van der Waals surface area contributed by atoms with Crippen molar-refractivity contribution in [1.82, 2.24) is 0 Å². The fourth-order valence-corrected chi connectivity index (χ4v) is 1.16. The van der Waals surface area contributed by atoms with Crippen LogP contribution in [-0.4, -0.2) is 24.0 Å². The highest BCUT2D eigenvalue weighted by atomic mass is 16.5. The van der Waals surface area contributed by atoms with Gasteiger partial charge in [-0.25, -0.2) is 0 Å². The summed E-state index contributed by atoms with van der Waals surface area (Å²) in [6.07, 6.45) is 1.88. The lowest BCUT2D eigenvalue weighted by atomic mass is 9.87. The molecule has 1 fully saturated rings. The Morgan fingerprint density at radius 3 is 3.00 bits per heavy atom. The van der Waals surface area contributed by atoms with E-state index in [0.29, 0.717) is 12.7 Å². The molecule has 0 amide bonds. The Morgan fingerprint density at radius 1 is 1.90 bits per heavy atom. The molecule has 1 N–H and O–H groups in total.